The van der Waals surface area contributed by atoms with E-state index in [9.17, 15) is 4.79 Å². The highest BCUT2D eigenvalue weighted by Gasteiger charge is 2.04. The summed E-state index contributed by atoms with van der Waals surface area (Å²) >= 11 is 0. The number of rotatable bonds is 69. The van der Waals surface area contributed by atoms with Crippen LogP contribution in [0.15, 0.2) is 0 Å². The summed E-state index contributed by atoms with van der Waals surface area (Å²) in [6.07, 6.45) is 11.5. The summed E-state index contributed by atoms with van der Waals surface area (Å²) in [6.45, 7) is 20.7. The van der Waals surface area contributed by atoms with Crippen LogP contribution in [0, 0.1) is 0 Å². The van der Waals surface area contributed by atoms with Gasteiger partial charge in [0.05, 0.1) is 258 Å². The topological polar surface area (TPSA) is 222 Å². The molecule has 0 aliphatic rings. The van der Waals surface area contributed by atoms with Gasteiger partial charge in [-0.1, -0.05) is 58.3 Å². The number of esters is 1. The number of unbranched alkanes of at least 4 members (excludes halogenated alkanes) is 8. The first-order chi connectivity index (χ1) is 36.8. The van der Waals surface area contributed by atoms with E-state index in [0.29, 0.717) is 257 Å². The maximum Gasteiger partial charge on any atom is 0.305 e. The van der Waals surface area contributed by atoms with E-state index in [0.717, 1.165) is 12.8 Å². The molecular formula is C52H104O22. The van der Waals surface area contributed by atoms with Crippen LogP contribution in [0.25, 0.3) is 0 Å². The highest BCUT2D eigenvalue weighted by Crippen LogP contribution is 2.11. The SMILES string of the molecule is CCCCCCCCCCCC(=O)OCCOCCOCCOCCOCCOCCOCCOCCOCCOCCOCCOCCOCCOCCOCCOCCOCCOCCOCCOCCO. The summed E-state index contributed by atoms with van der Waals surface area (Å²) in [5.74, 6) is -0.142. The highest BCUT2D eigenvalue weighted by atomic mass is 16.6. The van der Waals surface area contributed by atoms with Crippen molar-refractivity contribution in [2.45, 2.75) is 71.1 Å². The van der Waals surface area contributed by atoms with Crippen molar-refractivity contribution in [3.05, 3.63) is 0 Å². The second kappa shape index (κ2) is 69.7. The number of hydrogen-bond donors (Lipinski definition) is 1. The molecule has 0 heterocycles. The Balaban J connectivity index is 3.10. The Kier molecular flexibility index (Phi) is 68.4. The lowest BCUT2D eigenvalue weighted by molar-refractivity contribution is -0.145. The molecule has 1 N–H and O–H groups in total. The summed E-state index contributed by atoms with van der Waals surface area (Å²) in [6, 6.07) is 0. The molecule has 0 saturated carbocycles. The number of aliphatic hydroxyl groups excluding tert-OH is 1. The third-order valence-electron chi connectivity index (χ3n) is 9.91. The van der Waals surface area contributed by atoms with Crippen molar-refractivity contribution in [1.82, 2.24) is 0 Å². The third-order valence-corrected chi connectivity index (χ3v) is 9.91. The molecular weight excluding hydrogens is 977 g/mol. The Morgan fingerprint density at radius 1 is 0.230 bits per heavy atom. The molecule has 0 aliphatic carbocycles. The lowest BCUT2D eigenvalue weighted by Crippen LogP contribution is -2.16. The standard InChI is InChI=1S/C52H104O22/c1-2-3-4-5-6-7-8-9-10-11-52(54)74-51-50-73-49-48-72-47-46-71-45-44-70-43-42-69-41-40-68-39-38-67-37-36-66-35-34-65-33-32-64-31-30-63-29-28-62-27-26-61-25-24-60-23-22-59-21-20-58-19-18-57-17-16-56-15-14-55-13-12-53/h53H,2-51H2,1H3. The molecule has 0 rings (SSSR count). The largest absolute Gasteiger partial charge is 0.463 e. The van der Waals surface area contributed by atoms with Gasteiger partial charge in [0, 0.05) is 6.42 Å². The molecule has 0 bridgehead atoms. The number of aliphatic hydroxyl groups is 1. The molecule has 0 radical (unpaired) electrons. The fourth-order valence-corrected chi connectivity index (χ4v) is 5.99. The minimum absolute atomic E-state index is 0.0187. The van der Waals surface area contributed by atoms with E-state index >= 15 is 0 Å². The summed E-state index contributed by atoms with van der Waals surface area (Å²) < 4.78 is 109. The van der Waals surface area contributed by atoms with Gasteiger partial charge in [-0.3, -0.25) is 4.79 Å². The van der Waals surface area contributed by atoms with Gasteiger partial charge in [0.15, 0.2) is 0 Å². The molecule has 0 saturated heterocycles. The molecule has 22 nitrogen and oxygen atoms in total. The Morgan fingerprint density at radius 3 is 0.581 bits per heavy atom. The van der Waals surface area contributed by atoms with Gasteiger partial charge in [0.1, 0.15) is 6.61 Å². The van der Waals surface area contributed by atoms with Crippen molar-refractivity contribution in [3.63, 3.8) is 0 Å². The summed E-state index contributed by atoms with van der Waals surface area (Å²) in [7, 11) is 0. The number of hydrogen-bond acceptors (Lipinski definition) is 22. The maximum absolute atomic E-state index is 11.8. The first-order valence-electron chi connectivity index (χ1n) is 27.5. The highest BCUT2D eigenvalue weighted by molar-refractivity contribution is 5.69. The molecule has 0 aromatic rings. The van der Waals surface area contributed by atoms with E-state index in [-0.39, 0.29) is 19.2 Å². The fraction of sp³-hybridized carbons (Fsp3) is 0.981. The third kappa shape index (κ3) is 68.7. The van der Waals surface area contributed by atoms with Gasteiger partial charge in [0.2, 0.25) is 0 Å². The number of carbonyl (C=O) groups excluding carboxylic acids is 1. The molecule has 0 aromatic carbocycles. The van der Waals surface area contributed by atoms with Crippen LogP contribution >= 0.6 is 0 Å². The molecule has 0 amide bonds. The average Bonchev–Trinajstić information content (AvgIpc) is 3.41. The van der Waals surface area contributed by atoms with Gasteiger partial charge in [-0.15, -0.1) is 0 Å². The quantitative estimate of drug-likeness (QED) is 0.0677. The molecule has 444 valence electrons. The zero-order valence-electron chi connectivity index (χ0n) is 45.9. The van der Waals surface area contributed by atoms with Crippen molar-refractivity contribution >= 4 is 5.97 Å². The minimum atomic E-state index is -0.142. The summed E-state index contributed by atoms with van der Waals surface area (Å²) in [5.41, 5.74) is 0. The minimum Gasteiger partial charge on any atom is -0.463 e. The Bertz CT molecular complexity index is 1010. The van der Waals surface area contributed by atoms with Gasteiger partial charge in [-0.2, -0.15) is 0 Å². The van der Waals surface area contributed by atoms with Crippen molar-refractivity contribution in [1.29, 1.82) is 0 Å². The van der Waals surface area contributed by atoms with Gasteiger partial charge in [-0.05, 0) is 6.42 Å². The summed E-state index contributed by atoms with van der Waals surface area (Å²) in [4.78, 5) is 11.8. The summed E-state index contributed by atoms with van der Waals surface area (Å²) in [5, 5.41) is 8.61. The van der Waals surface area contributed by atoms with Gasteiger partial charge in [0.25, 0.3) is 0 Å². The van der Waals surface area contributed by atoms with Crippen LogP contribution in [0.1, 0.15) is 71.1 Å². The van der Waals surface area contributed by atoms with E-state index in [1.54, 1.807) is 0 Å². The first-order valence-corrected chi connectivity index (χ1v) is 27.5. The first kappa shape index (κ1) is 72.7. The van der Waals surface area contributed by atoms with E-state index in [4.69, 9.17) is 99.8 Å². The van der Waals surface area contributed by atoms with E-state index < -0.39 is 0 Å². The monoisotopic (exact) mass is 1080 g/mol. The zero-order valence-corrected chi connectivity index (χ0v) is 45.9. The molecule has 0 atom stereocenters. The predicted molar refractivity (Wildman–Crippen MR) is 275 cm³/mol. The van der Waals surface area contributed by atoms with Gasteiger partial charge >= 0.3 is 5.97 Å². The van der Waals surface area contributed by atoms with Gasteiger partial charge < -0.3 is 99.8 Å². The molecule has 0 unspecified atom stereocenters. The lowest BCUT2D eigenvalue weighted by Gasteiger charge is -2.09. The van der Waals surface area contributed by atoms with Crippen molar-refractivity contribution in [3.8, 4) is 0 Å². The van der Waals surface area contributed by atoms with Crippen LogP contribution in [0.4, 0.5) is 0 Å². The predicted octanol–water partition coefficient (Wildman–Crippen LogP) is 3.76. The second-order valence-corrected chi connectivity index (χ2v) is 16.2. The maximum atomic E-state index is 11.8. The van der Waals surface area contributed by atoms with Crippen molar-refractivity contribution in [2.75, 3.05) is 264 Å². The smallest absolute Gasteiger partial charge is 0.305 e. The lowest BCUT2D eigenvalue weighted by atomic mass is 10.1. The van der Waals surface area contributed by atoms with Crippen molar-refractivity contribution in [2.24, 2.45) is 0 Å². The molecule has 0 aromatic heterocycles. The van der Waals surface area contributed by atoms with Crippen molar-refractivity contribution < 1.29 is 105 Å². The molecule has 22 heteroatoms. The Labute approximate surface area is 445 Å². The van der Waals surface area contributed by atoms with E-state index in [1.807, 2.05) is 0 Å². The Morgan fingerprint density at radius 2 is 0.392 bits per heavy atom. The molecule has 0 fully saturated rings. The van der Waals surface area contributed by atoms with Crippen LogP contribution in [0.2, 0.25) is 0 Å². The Hall–Kier alpha value is -1.33. The zero-order chi connectivity index (χ0) is 53.1. The normalized spacial score (nSPS) is 11.6. The van der Waals surface area contributed by atoms with Gasteiger partial charge in [-0.25, -0.2) is 0 Å². The van der Waals surface area contributed by atoms with Crippen LogP contribution < -0.4 is 0 Å². The van der Waals surface area contributed by atoms with Crippen LogP contribution in [0.5, 0.6) is 0 Å². The van der Waals surface area contributed by atoms with Crippen LogP contribution in [-0.2, 0) is 99.5 Å². The number of carbonyl (C=O) groups is 1. The average molecular weight is 1080 g/mol. The van der Waals surface area contributed by atoms with Crippen LogP contribution in [-0.4, -0.2) is 275 Å². The second-order valence-electron chi connectivity index (χ2n) is 16.2. The number of ether oxygens (including phenoxy) is 20. The van der Waals surface area contributed by atoms with Crippen LogP contribution in [0.3, 0.4) is 0 Å². The fourth-order valence-electron chi connectivity index (χ4n) is 5.99. The molecule has 74 heavy (non-hydrogen) atoms. The van der Waals surface area contributed by atoms with E-state index in [1.165, 1.54) is 44.9 Å². The van der Waals surface area contributed by atoms with E-state index in [2.05, 4.69) is 6.92 Å². The molecule has 0 spiro atoms. The molecule has 0 aliphatic heterocycles.